The first kappa shape index (κ1) is 14.0. The van der Waals surface area contributed by atoms with E-state index in [4.69, 9.17) is 20.8 Å². The molecule has 3 heterocycles. The highest BCUT2D eigenvalue weighted by Crippen LogP contribution is 2.31. The number of amides is 1. The Bertz CT molecular complexity index is 638. The Morgan fingerprint density at radius 3 is 3.19 bits per heavy atom. The predicted octanol–water partition coefficient (Wildman–Crippen LogP) is 1.38. The van der Waals surface area contributed by atoms with Crippen molar-refractivity contribution < 1.29 is 19.1 Å². The number of aliphatic hydroxyl groups is 1. The van der Waals surface area contributed by atoms with Crippen LogP contribution in [0.4, 0.5) is 0 Å². The van der Waals surface area contributed by atoms with Crippen LogP contribution in [0.15, 0.2) is 22.8 Å². The van der Waals surface area contributed by atoms with Crippen LogP contribution in [0, 0.1) is 0 Å². The highest BCUT2D eigenvalue weighted by atomic mass is 35.5. The van der Waals surface area contributed by atoms with Crippen molar-refractivity contribution >= 4 is 17.5 Å². The number of nitrogens with one attached hydrogen (secondary N) is 1. The van der Waals surface area contributed by atoms with Crippen LogP contribution in [0.1, 0.15) is 28.8 Å². The van der Waals surface area contributed by atoms with Gasteiger partial charge in [0.25, 0.3) is 5.91 Å². The molecule has 1 aliphatic rings. The second-order valence-corrected chi connectivity index (χ2v) is 4.99. The molecule has 8 heteroatoms. The van der Waals surface area contributed by atoms with Crippen LogP contribution in [0.2, 0.25) is 5.02 Å². The summed E-state index contributed by atoms with van der Waals surface area (Å²) >= 11 is 6.05. The van der Waals surface area contributed by atoms with Crippen molar-refractivity contribution in [3.63, 3.8) is 0 Å². The van der Waals surface area contributed by atoms with Gasteiger partial charge < -0.3 is 19.6 Å². The average molecular weight is 312 g/mol. The van der Waals surface area contributed by atoms with Crippen LogP contribution in [-0.2, 0) is 6.54 Å². The van der Waals surface area contributed by atoms with Crippen molar-refractivity contribution in [1.29, 1.82) is 0 Å². The molecule has 21 heavy (non-hydrogen) atoms. The third-order valence-electron chi connectivity index (χ3n) is 3.18. The molecule has 0 saturated heterocycles. The van der Waals surface area contributed by atoms with E-state index in [1.165, 1.54) is 6.26 Å². The maximum Gasteiger partial charge on any atom is 0.273 e. The summed E-state index contributed by atoms with van der Waals surface area (Å²) in [6.07, 6.45) is 1.07. The second kappa shape index (κ2) is 5.79. The molecule has 0 aromatic carbocycles. The highest BCUT2D eigenvalue weighted by molar-refractivity contribution is 6.34. The number of aliphatic hydroxyl groups excluding tert-OH is 1. The molecule has 3 rings (SSSR count). The van der Waals surface area contributed by atoms with Gasteiger partial charge in [-0.1, -0.05) is 11.6 Å². The van der Waals surface area contributed by atoms with E-state index in [9.17, 15) is 9.90 Å². The molecule has 0 spiro atoms. The third kappa shape index (κ3) is 2.74. The SMILES string of the molecule is O=C(NCCC(O)c1ccco1)c1nn2c(c1Cl)OCC2. The third-order valence-corrected chi connectivity index (χ3v) is 3.52. The van der Waals surface area contributed by atoms with Crippen molar-refractivity contribution in [2.45, 2.75) is 19.1 Å². The fourth-order valence-electron chi connectivity index (χ4n) is 2.12. The summed E-state index contributed by atoms with van der Waals surface area (Å²) in [4.78, 5) is 12.0. The van der Waals surface area contributed by atoms with Gasteiger partial charge >= 0.3 is 0 Å². The van der Waals surface area contributed by atoms with E-state index in [2.05, 4.69) is 10.4 Å². The van der Waals surface area contributed by atoms with Crippen LogP contribution in [0.5, 0.6) is 5.88 Å². The summed E-state index contributed by atoms with van der Waals surface area (Å²) in [7, 11) is 0. The summed E-state index contributed by atoms with van der Waals surface area (Å²) < 4.78 is 11.9. The van der Waals surface area contributed by atoms with E-state index in [1.54, 1.807) is 16.8 Å². The summed E-state index contributed by atoms with van der Waals surface area (Å²) in [5.74, 6) is 0.506. The van der Waals surface area contributed by atoms with Gasteiger partial charge in [0.15, 0.2) is 5.69 Å². The van der Waals surface area contributed by atoms with E-state index < -0.39 is 12.0 Å². The van der Waals surface area contributed by atoms with Gasteiger partial charge in [-0.2, -0.15) is 5.10 Å². The number of nitrogens with zero attached hydrogens (tertiary/aromatic N) is 2. The zero-order chi connectivity index (χ0) is 14.8. The van der Waals surface area contributed by atoms with E-state index in [1.807, 2.05) is 0 Å². The first-order valence-corrected chi connectivity index (χ1v) is 6.93. The number of hydrogen-bond donors (Lipinski definition) is 2. The van der Waals surface area contributed by atoms with E-state index in [0.717, 1.165) is 0 Å². The van der Waals surface area contributed by atoms with E-state index >= 15 is 0 Å². The normalized spacial score (nSPS) is 14.6. The molecule has 0 aliphatic carbocycles. The number of halogens is 1. The molecule has 7 nitrogen and oxygen atoms in total. The van der Waals surface area contributed by atoms with Gasteiger partial charge in [0.1, 0.15) is 23.5 Å². The molecule has 1 amide bonds. The van der Waals surface area contributed by atoms with Gasteiger partial charge in [0.05, 0.1) is 12.8 Å². The topological polar surface area (TPSA) is 89.5 Å². The van der Waals surface area contributed by atoms with Crippen molar-refractivity contribution in [2.24, 2.45) is 0 Å². The molecule has 1 atom stereocenters. The van der Waals surface area contributed by atoms with Crippen LogP contribution in [0.3, 0.4) is 0 Å². The lowest BCUT2D eigenvalue weighted by molar-refractivity contribution is 0.0930. The molecule has 0 radical (unpaired) electrons. The number of aromatic nitrogens is 2. The number of hydrogen-bond acceptors (Lipinski definition) is 5. The van der Waals surface area contributed by atoms with Gasteiger partial charge in [-0.25, -0.2) is 4.68 Å². The number of carbonyl (C=O) groups excluding carboxylic acids is 1. The quantitative estimate of drug-likeness (QED) is 0.870. The fraction of sp³-hybridized carbons (Fsp3) is 0.385. The van der Waals surface area contributed by atoms with Crippen LogP contribution < -0.4 is 10.1 Å². The van der Waals surface area contributed by atoms with Gasteiger partial charge in [0.2, 0.25) is 5.88 Å². The first-order chi connectivity index (χ1) is 10.2. The lowest BCUT2D eigenvalue weighted by atomic mass is 10.2. The number of carbonyl (C=O) groups is 1. The Kier molecular flexibility index (Phi) is 3.85. The Morgan fingerprint density at radius 1 is 1.62 bits per heavy atom. The highest BCUT2D eigenvalue weighted by Gasteiger charge is 2.26. The second-order valence-electron chi connectivity index (χ2n) is 4.62. The standard InChI is InChI=1S/C13H14ClN3O4/c14-10-11(16-17-5-7-21-13(10)17)12(19)15-4-3-8(18)9-2-1-6-20-9/h1-2,6,8,18H,3-5,7H2,(H,15,19). The smallest absolute Gasteiger partial charge is 0.273 e. The molecule has 0 bridgehead atoms. The molecule has 0 fully saturated rings. The van der Waals surface area contributed by atoms with Crippen molar-refractivity contribution in [3.05, 3.63) is 34.9 Å². The average Bonchev–Trinajstić information content (AvgIpc) is 3.17. The fourth-order valence-corrected chi connectivity index (χ4v) is 2.39. The molecule has 112 valence electrons. The largest absolute Gasteiger partial charge is 0.475 e. The summed E-state index contributed by atoms with van der Waals surface area (Å²) in [5, 5.41) is 16.8. The molecule has 0 saturated carbocycles. The maximum atomic E-state index is 12.0. The predicted molar refractivity (Wildman–Crippen MR) is 73.4 cm³/mol. The first-order valence-electron chi connectivity index (χ1n) is 6.55. The monoisotopic (exact) mass is 311 g/mol. The van der Waals surface area contributed by atoms with Crippen LogP contribution in [0.25, 0.3) is 0 Å². The number of fused-ring (bicyclic) bond motifs is 1. The minimum absolute atomic E-state index is 0.138. The molecular weight excluding hydrogens is 298 g/mol. The van der Waals surface area contributed by atoms with Crippen molar-refractivity contribution in [3.8, 4) is 5.88 Å². The minimum atomic E-state index is -0.758. The van der Waals surface area contributed by atoms with E-state index in [-0.39, 0.29) is 17.3 Å². The van der Waals surface area contributed by atoms with Crippen LogP contribution in [-0.4, -0.2) is 33.9 Å². The summed E-state index contributed by atoms with van der Waals surface area (Å²) in [6.45, 7) is 1.37. The van der Waals surface area contributed by atoms with Gasteiger partial charge in [-0.3, -0.25) is 4.79 Å². The van der Waals surface area contributed by atoms with Crippen molar-refractivity contribution in [1.82, 2.24) is 15.1 Å². The van der Waals surface area contributed by atoms with Crippen molar-refractivity contribution in [2.75, 3.05) is 13.2 Å². The zero-order valence-corrected chi connectivity index (χ0v) is 11.8. The molecule has 1 unspecified atom stereocenters. The Hall–Kier alpha value is -1.99. The number of ether oxygens (including phenoxy) is 1. The lowest BCUT2D eigenvalue weighted by Gasteiger charge is -2.08. The van der Waals surface area contributed by atoms with E-state index in [0.29, 0.717) is 31.2 Å². The molecule has 2 N–H and O–H groups in total. The Labute approximate surface area is 125 Å². The lowest BCUT2D eigenvalue weighted by Crippen LogP contribution is -2.26. The maximum absolute atomic E-state index is 12.0. The molecule has 2 aromatic heterocycles. The minimum Gasteiger partial charge on any atom is -0.475 e. The Balaban J connectivity index is 1.55. The molecule has 2 aromatic rings. The molecular formula is C13H14ClN3O4. The van der Waals surface area contributed by atoms with Gasteiger partial charge in [-0.15, -0.1) is 0 Å². The summed E-state index contributed by atoms with van der Waals surface area (Å²) in [5.41, 5.74) is 0.138. The Morgan fingerprint density at radius 2 is 2.48 bits per heavy atom. The van der Waals surface area contributed by atoms with Crippen LogP contribution >= 0.6 is 11.6 Å². The molecule has 1 aliphatic heterocycles. The number of furan rings is 1. The zero-order valence-electron chi connectivity index (χ0n) is 11.1. The van der Waals surface area contributed by atoms with Gasteiger partial charge in [0, 0.05) is 6.54 Å². The summed E-state index contributed by atoms with van der Waals surface area (Å²) in [6, 6.07) is 3.38. The van der Waals surface area contributed by atoms with Gasteiger partial charge in [-0.05, 0) is 18.6 Å². The number of rotatable bonds is 5.